The summed E-state index contributed by atoms with van der Waals surface area (Å²) < 4.78 is 0. The number of nitrogens with one attached hydrogen (secondary N) is 2. The van der Waals surface area contributed by atoms with Gasteiger partial charge in [0.05, 0.1) is 17.4 Å². The van der Waals surface area contributed by atoms with E-state index in [2.05, 4.69) is 10.6 Å². The number of likely N-dealkylation sites (tertiary alicyclic amines) is 1. The van der Waals surface area contributed by atoms with Crippen LogP contribution in [0.25, 0.3) is 0 Å². The molecule has 3 aromatic rings. The number of hydrogen-bond acceptors (Lipinski definition) is 3. The summed E-state index contributed by atoms with van der Waals surface area (Å²) in [6, 6.07) is 26.9. The van der Waals surface area contributed by atoms with Crippen LogP contribution in [0.5, 0.6) is 0 Å². The second kappa shape index (κ2) is 10.0. The average Bonchev–Trinajstić information content (AvgIpc) is 3.24. The van der Waals surface area contributed by atoms with Gasteiger partial charge in [0.25, 0.3) is 0 Å². The molecule has 3 amide bonds. The van der Waals surface area contributed by atoms with Gasteiger partial charge in [-0.25, -0.2) is 4.79 Å². The van der Waals surface area contributed by atoms with Gasteiger partial charge < -0.3 is 20.4 Å². The summed E-state index contributed by atoms with van der Waals surface area (Å²) in [6.45, 7) is 1.19. The van der Waals surface area contributed by atoms with Crippen LogP contribution < -0.4 is 15.5 Å². The molecule has 1 aliphatic rings. The van der Waals surface area contributed by atoms with Crippen molar-refractivity contribution in [1.29, 1.82) is 0 Å². The van der Waals surface area contributed by atoms with Gasteiger partial charge in [0.1, 0.15) is 0 Å². The summed E-state index contributed by atoms with van der Waals surface area (Å²) >= 11 is 0. The van der Waals surface area contributed by atoms with Crippen LogP contribution in [-0.4, -0.2) is 37.0 Å². The first-order valence-electron chi connectivity index (χ1n) is 10.9. The molecule has 0 radical (unpaired) electrons. The number of hydrogen-bond donors (Lipinski definition) is 2. The van der Waals surface area contributed by atoms with Gasteiger partial charge in [-0.05, 0) is 36.2 Å². The molecule has 164 valence electrons. The number of anilines is 3. The van der Waals surface area contributed by atoms with E-state index in [0.29, 0.717) is 18.7 Å². The van der Waals surface area contributed by atoms with Gasteiger partial charge in [-0.15, -0.1) is 0 Å². The smallest absolute Gasteiger partial charge is 0.319 e. The number of urea groups is 1. The minimum Gasteiger partial charge on any atom is -0.343 e. The van der Waals surface area contributed by atoms with Gasteiger partial charge >= 0.3 is 6.03 Å². The monoisotopic (exact) mass is 428 g/mol. The molecule has 1 unspecified atom stereocenters. The average molecular weight is 429 g/mol. The van der Waals surface area contributed by atoms with Crippen molar-refractivity contribution in [3.8, 4) is 0 Å². The molecule has 32 heavy (non-hydrogen) atoms. The molecule has 0 bridgehead atoms. The van der Waals surface area contributed by atoms with E-state index in [4.69, 9.17) is 0 Å². The summed E-state index contributed by atoms with van der Waals surface area (Å²) in [7, 11) is 1.97. The third-order valence-electron chi connectivity index (χ3n) is 5.74. The fourth-order valence-electron chi connectivity index (χ4n) is 4.02. The Morgan fingerprint density at radius 3 is 2.31 bits per heavy atom. The molecule has 1 saturated heterocycles. The molecular formula is C26H28N4O2. The SMILES string of the molecule is CN(c1ccccc1)c1ccccc1NC(=O)NC(CN1CCCC1=O)c1ccccc1. The van der Waals surface area contributed by atoms with Crippen molar-refractivity contribution in [1.82, 2.24) is 10.2 Å². The summed E-state index contributed by atoms with van der Waals surface area (Å²) in [6.07, 6.45) is 1.44. The minimum atomic E-state index is -0.306. The maximum atomic E-state index is 13.0. The Morgan fingerprint density at radius 1 is 0.969 bits per heavy atom. The number of amides is 3. The molecule has 1 atom stereocenters. The lowest BCUT2D eigenvalue weighted by molar-refractivity contribution is -0.128. The van der Waals surface area contributed by atoms with E-state index in [1.807, 2.05) is 102 Å². The Morgan fingerprint density at radius 2 is 1.62 bits per heavy atom. The molecule has 3 aromatic carbocycles. The lowest BCUT2D eigenvalue weighted by Gasteiger charge is -2.26. The second-order valence-electron chi connectivity index (χ2n) is 7.92. The van der Waals surface area contributed by atoms with Gasteiger partial charge in [0, 0.05) is 32.2 Å². The quantitative estimate of drug-likeness (QED) is 0.560. The second-order valence-corrected chi connectivity index (χ2v) is 7.92. The Bertz CT molecular complexity index is 1060. The van der Waals surface area contributed by atoms with Crippen LogP contribution >= 0.6 is 0 Å². The standard InChI is InChI=1S/C26H28N4O2/c1-29(21-13-6-3-7-14-21)24-16-9-8-15-22(24)27-26(32)28-23(20-11-4-2-5-12-20)19-30-18-10-17-25(30)31/h2-9,11-16,23H,10,17-19H2,1H3,(H2,27,28,32). The molecule has 0 aromatic heterocycles. The number of rotatable bonds is 7. The van der Waals surface area contributed by atoms with Crippen molar-refractivity contribution in [2.24, 2.45) is 0 Å². The van der Waals surface area contributed by atoms with E-state index in [0.717, 1.165) is 29.9 Å². The fraction of sp³-hybridized carbons (Fsp3) is 0.231. The molecule has 1 heterocycles. The van der Waals surface area contributed by atoms with Crippen LogP contribution in [0.4, 0.5) is 21.9 Å². The van der Waals surface area contributed by atoms with Gasteiger partial charge in [-0.2, -0.15) is 0 Å². The zero-order valence-electron chi connectivity index (χ0n) is 18.2. The molecule has 6 nitrogen and oxygen atoms in total. The van der Waals surface area contributed by atoms with E-state index < -0.39 is 0 Å². The Kier molecular flexibility index (Phi) is 6.70. The van der Waals surface area contributed by atoms with Gasteiger partial charge in [0.15, 0.2) is 0 Å². The number of nitrogens with zero attached hydrogens (tertiary/aromatic N) is 2. The molecule has 6 heteroatoms. The highest BCUT2D eigenvalue weighted by Gasteiger charge is 2.25. The van der Waals surface area contributed by atoms with Crippen molar-refractivity contribution in [2.45, 2.75) is 18.9 Å². The lowest BCUT2D eigenvalue weighted by Crippen LogP contribution is -2.40. The van der Waals surface area contributed by atoms with Gasteiger partial charge in [-0.1, -0.05) is 60.7 Å². The van der Waals surface area contributed by atoms with Crippen LogP contribution in [0.2, 0.25) is 0 Å². The van der Waals surface area contributed by atoms with Crippen LogP contribution in [0, 0.1) is 0 Å². The highest BCUT2D eigenvalue weighted by atomic mass is 16.2. The van der Waals surface area contributed by atoms with E-state index >= 15 is 0 Å². The van der Waals surface area contributed by atoms with Crippen LogP contribution in [0.15, 0.2) is 84.9 Å². The van der Waals surface area contributed by atoms with E-state index in [-0.39, 0.29) is 18.0 Å². The fourth-order valence-corrected chi connectivity index (χ4v) is 4.02. The summed E-state index contributed by atoms with van der Waals surface area (Å²) in [5, 5.41) is 6.08. The first-order chi connectivity index (χ1) is 15.6. The Labute approximate surface area is 188 Å². The van der Waals surface area contributed by atoms with Gasteiger partial charge in [0.2, 0.25) is 5.91 Å². The van der Waals surface area contributed by atoms with Crippen molar-refractivity contribution in [3.05, 3.63) is 90.5 Å². The van der Waals surface area contributed by atoms with E-state index in [1.165, 1.54) is 0 Å². The van der Waals surface area contributed by atoms with E-state index in [9.17, 15) is 9.59 Å². The number of carbonyl (C=O) groups is 2. The van der Waals surface area contributed by atoms with E-state index in [1.54, 1.807) is 0 Å². The summed E-state index contributed by atoms with van der Waals surface area (Å²) in [5.41, 5.74) is 3.59. The predicted octanol–water partition coefficient (Wildman–Crippen LogP) is 4.94. The first-order valence-corrected chi connectivity index (χ1v) is 10.9. The topological polar surface area (TPSA) is 64.7 Å². The zero-order chi connectivity index (χ0) is 22.3. The molecule has 0 saturated carbocycles. The number of benzene rings is 3. The van der Waals surface area contributed by atoms with Gasteiger partial charge in [-0.3, -0.25) is 4.79 Å². The van der Waals surface area contributed by atoms with Crippen molar-refractivity contribution < 1.29 is 9.59 Å². The highest BCUT2D eigenvalue weighted by molar-refractivity contribution is 5.94. The van der Waals surface area contributed by atoms with Crippen LogP contribution in [0.3, 0.4) is 0 Å². The molecule has 1 aliphatic heterocycles. The molecule has 2 N–H and O–H groups in total. The maximum Gasteiger partial charge on any atom is 0.319 e. The molecule has 1 fully saturated rings. The Hall–Kier alpha value is -3.80. The largest absolute Gasteiger partial charge is 0.343 e. The van der Waals surface area contributed by atoms with Crippen LogP contribution in [0.1, 0.15) is 24.4 Å². The Balaban J connectivity index is 1.51. The molecule has 0 aliphatic carbocycles. The lowest BCUT2D eigenvalue weighted by atomic mass is 10.1. The molecular weight excluding hydrogens is 400 g/mol. The highest BCUT2D eigenvalue weighted by Crippen LogP contribution is 2.30. The van der Waals surface area contributed by atoms with Crippen molar-refractivity contribution in [3.63, 3.8) is 0 Å². The normalized spacial score (nSPS) is 14.2. The zero-order valence-corrected chi connectivity index (χ0v) is 18.2. The maximum absolute atomic E-state index is 13.0. The predicted molar refractivity (Wildman–Crippen MR) is 128 cm³/mol. The number of para-hydroxylation sites is 3. The first kappa shape index (κ1) is 21.4. The molecule has 0 spiro atoms. The number of carbonyl (C=O) groups excluding carboxylic acids is 2. The van der Waals surface area contributed by atoms with Crippen molar-refractivity contribution in [2.75, 3.05) is 30.4 Å². The third kappa shape index (κ3) is 5.09. The third-order valence-corrected chi connectivity index (χ3v) is 5.74. The van der Waals surface area contributed by atoms with Crippen LogP contribution in [-0.2, 0) is 4.79 Å². The minimum absolute atomic E-state index is 0.142. The van der Waals surface area contributed by atoms with Crippen molar-refractivity contribution >= 4 is 29.0 Å². The summed E-state index contributed by atoms with van der Waals surface area (Å²) in [5.74, 6) is 0.142. The summed E-state index contributed by atoms with van der Waals surface area (Å²) in [4.78, 5) is 29.0. The molecule has 4 rings (SSSR count).